The van der Waals surface area contributed by atoms with Crippen LogP contribution in [-0.4, -0.2) is 74.0 Å². The first kappa shape index (κ1) is 19.7. The van der Waals surface area contributed by atoms with Gasteiger partial charge in [-0.05, 0) is 25.6 Å². The molecule has 0 saturated carbocycles. The summed E-state index contributed by atoms with van der Waals surface area (Å²) in [5.74, 6) is 0.326. The number of nitrogens with zero attached hydrogens (tertiary/aromatic N) is 3. The molecule has 2 amide bonds. The molecule has 0 spiro atoms. The van der Waals surface area contributed by atoms with E-state index < -0.39 is 0 Å². The zero-order valence-electron chi connectivity index (χ0n) is 14.7. The summed E-state index contributed by atoms with van der Waals surface area (Å²) in [6.07, 6.45) is 1.29. The number of carbonyl (C=O) groups excluding carboxylic acids is 2. The molecule has 1 aromatic rings. The minimum Gasteiger partial charge on any atom is -0.340 e. The van der Waals surface area contributed by atoms with Crippen LogP contribution in [0.1, 0.15) is 12.8 Å². The number of piperazine rings is 1. The van der Waals surface area contributed by atoms with Crippen LogP contribution >= 0.6 is 12.4 Å². The largest absolute Gasteiger partial charge is 0.340 e. The van der Waals surface area contributed by atoms with E-state index in [0.29, 0.717) is 13.0 Å². The molecule has 1 N–H and O–H groups in total. The van der Waals surface area contributed by atoms with Crippen molar-refractivity contribution in [1.29, 1.82) is 0 Å². The second-order valence-corrected chi connectivity index (χ2v) is 6.49. The average molecular weight is 367 g/mol. The number of likely N-dealkylation sites (N-methyl/N-ethyl adjacent to an activating group) is 1. The molecule has 6 nitrogen and oxygen atoms in total. The van der Waals surface area contributed by atoms with Gasteiger partial charge < -0.3 is 15.1 Å². The van der Waals surface area contributed by atoms with E-state index in [1.54, 1.807) is 0 Å². The number of hydrogen-bond acceptors (Lipinski definition) is 4. The number of carbonyl (C=O) groups is 2. The average Bonchev–Trinajstić information content (AvgIpc) is 3.02. The topological polar surface area (TPSA) is 55.9 Å². The standard InChI is InChI=1S/C18H26N4O2.ClH/c1-20(11-8-17(23)21-13-9-19-10-14-21)16-7-12-22(18(16)24)15-5-3-2-4-6-15;/h2-6,16,19H,7-14H2,1H3;1H. The van der Waals surface area contributed by atoms with Crippen molar-refractivity contribution in [3.8, 4) is 0 Å². The highest BCUT2D eigenvalue weighted by Crippen LogP contribution is 2.23. The maximum atomic E-state index is 12.7. The number of anilines is 1. The van der Waals surface area contributed by atoms with Gasteiger partial charge in [0.2, 0.25) is 11.8 Å². The van der Waals surface area contributed by atoms with Crippen molar-refractivity contribution in [1.82, 2.24) is 15.1 Å². The molecule has 2 heterocycles. The van der Waals surface area contributed by atoms with Gasteiger partial charge in [-0.1, -0.05) is 18.2 Å². The maximum Gasteiger partial charge on any atom is 0.244 e. The molecular weight excluding hydrogens is 340 g/mol. The van der Waals surface area contributed by atoms with Gasteiger partial charge in [0, 0.05) is 51.4 Å². The lowest BCUT2D eigenvalue weighted by molar-refractivity contribution is -0.132. The lowest BCUT2D eigenvalue weighted by Gasteiger charge is -2.29. The molecule has 1 unspecified atom stereocenters. The van der Waals surface area contributed by atoms with Crippen LogP contribution < -0.4 is 10.2 Å². The number of amides is 2. The van der Waals surface area contributed by atoms with Crippen molar-refractivity contribution in [2.45, 2.75) is 18.9 Å². The van der Waals surface area contributed by atoms with Crippen molar-refractivity contribution >= 4 is 29.9 Å². The Balaban J connectivity index is 0.00000225. The molecular formula is C18H27ClN4O2. The predicted molar refractivity (Wildman–Crippen MR) is 101 cm³/mol. The fourth-order valence-electron chi connectivity index (χ4n) is 3.44. The highest BCUT2D eigenvalue weighted by atomic mass is 35.5. The first-order chi connectivity index (χ1) is 11.7. The number of para-hydroxylation sites is 1. The van der Waals surface area contributed by atoms with E-state index in [9.17, 15) is 9.59 Å². The molecule has 2 aliphatic heterocycles. The highest BCUT2D eigenvalue weighted by molar-refractivity contribution is 5.99. The number of rotatable bonds is 5. The summed E-state index contributed by atoms with van der Waals surface area (Å²) in [6, 6.07) is 9.66. The number of hydrogen-bond donors (Lipinski definition) is 1. The van der Waals surface area contributed by atoms with Crippen molar-refractivity contribution in [2.75, 3.05) is 51.2 Å². The lowest BCUT2D eigenvalue weighted by atomic mass is 10.2. The summed E-state index contributed by atoms with van der Waals surface area (Å²) < 4.78 is 0. The Morgan fingerprint density at radius 1 is 1.20 bits per heavy atom. The van der Waals surface area contributed by atoms with Gasteiger partial charge in [-0.15, -0.1) is 12.4 Å². The Morgan fingerprint density at radius 3 is 2.56 bits per heavy atom. The third kappa shape index (κ3) is 4.71. The molecule has 0 bridgehead atoms. The zero-order chi connectivity index (χ0) is 16.9. The van der Waals surface area contributed by atoms with Gasteiger partial charge >= 0.3 is 0 Å². The minimum atomic E-state index is -0.124. The molecule has 2 fully saturated rings. The second-order valence-electron chi connectivity index (χ2n) is 6.49. The van der Waals surface area contributed by atoms with Gasteiger partial charge in [0.25, 0.3) is 0 Å². The molecule has 3 rings (SSSR count). The lowest BCUT2D eigenvalue weighted by Crippen LogP contribution is -2.47. The summed E-state index contributed by atoms with van der Waals surface area (Å²) in [6.45, 7) is 4.67. The predicted octanol–water partition coefficient (Wildman–Crippen LogP) is 0.967. The van der Waals surface area contributed by atoms with E-state index in [-0.39, 0.29) is 30.3 Å². The summed E-state index contributed by atoms with van der Waals surface area (Å²) in [5.41, 5.74) is 0.954. The van der Waals surface area contributed by atoms with Crippen LogP contribution in [0.25, 0.3) is 0 Å². The quantitative estimate of drug-likeness (QED) is 0.843. The zero-order valence-corrected chi connectivity index (χ0v) is 15.5. The summed E-state index contributed by atoms with van der Waals surface area (Å²) in [7, 11) is 1.95. The maximum absolute atomic E-state index is 12.7. The Labute approximate surface area is 155 Å². The van der Waals surface area contributed by atoms with Gasteiger partial charge in [0.05, 0.1) is 6.04 Å². The van der Waals surface area contributed by atoms with Gasteiger partial charge in [0.1, 0.15) is 0 Å². The van der Waals surface area contributed by atoms with Gasteiger partial charge in [-0.25, -0.2) is 0 Å². The van der Waals surface area contributed by atoms with Crippen molar-refractivity contribution in [3.05, 3.63) is 30.3 Å². The Morgan fingerprint density at radius 2 is 1.88 bits per heavy atom. The molecule has 0 radical (unpaired) electrons. The van der Waals surface area contributed by atoms with Crippen LogP contribution in [0.15, 0.2) is 30.3 Å². The molecule has 2 saturated heterocycles. The Hall–Kier alpha value is -1.63. The SMILES string of the molecule is CN(CCC(=O)N1CCNCC1)C1CCN(c2ccccc2)C1=O.Cl. The normalized spacial score (nSPS) is 20.7. The van der Waals surface area contributed by atoms with Crippen LogP contribution in [0.3, 0.4) is 0 Å². The van der Waals surface area contributed by atoms with E-state index in [2.05, 4.69) is 5.32 Å². The molecule has 138 valence electrons. The minimum absolute atomic E-state index is 0. The second kappa shape index (κ2) is 9.17. The summed E-state index contributed by atoms with van der Waals surface area (Å²) in [4.78, 5) is 30.7. The first-order valence-electron chi connectivity index (χ1n) is 8.72. The van der Waals surface area contributed by atoms with E-state index in [4.69, 9.17) is 0 Å². The molecule has 1 aromatic carbocycles. The highest BCUT2D eigenvalue weighted by Gasteiger charge is 2.35. The fraction of sp³-hybridized carbons (Fsp3) is 0.556. The van der Waals surface area contributed by atoms with E-state index >= 15 is 0 Å². The fourth-order valence-corrected chi connectivity index (χ4v) is 3.44. The van der Waals surface area contributed by atoms with E-state index in [0.717, 1.165) is 44.8 Å². The van der Waals surface area contributed by atoms with Crippen molar-refractivity contribution in [2.24, 2.45) is 0 Å². The van der Waals surface area contributed by atoms with Crippen molar-refractivity contribution < 1.29 is 9.59 Å². The molecule has 2 aliphatic rings. The van der Waals surface area contributed by atoms with Crippen LogP contribution in [0.5, 0.6) is 0 Å². The van der Waals surface area contributed by atoms with Gasteiger partial charge in [-0.2, -0.15) is 0 Å². The van der Waals surface area contributed by atoms with Crippen LogP contribution in [-0.2, 0) is 9.59 Å². The van der Waals surface area contributed by atoms with E-state index in [1.807, 2.05) is 52.1 Å². The molecule has 0 aliphatic carbocycles. The van der Waals surface area contributed by atoms with Gasteiger partial charge in [0.15, 0.2) is 0 Å². The summed E-state index contributed by atoms with van der Waals surface area (Å²) in [5, 5.41) is 3.25. The summed E-state index contributed by atoms with van der Waals surface area (Å²) >= 11 is 0. The van der Waals surface area contributed by atoms with E-state index in [1.165, 1.54) is 0 Å². The van der Waals surface area contributed by atoms with Crippen LogP contribution in [0, 0.1) is 0 Å². The number of benzene rings is 1. The number of nitrogens with one attached hydrogen (secondary N) is 1. The van der Waals surface area contributed by atoms with Crippen molar-refractivity contribution in [3.63, 3.8) is 0 Å². The molecule has 7 heteroatoms. The van der Waals surface area contributed by atoms with Crippen LogP contribution in [0.2, 0.25) is 0 Å². The molecule has 0 aromatic heterocycles. The van der Waals surface area contributed by atoms with Crippen LogP contribution in [0.4, 0.5) is 5.69 Å². The third-order valence-electron chi connectivity index (χ3n) is 4.93. The molecule has 25 heavy (non-hydrogen) atoms. The third-order valence-corrected chi connectivity index (χ3v) is 4.93. The monoisotopic (exact) mass is 366 g/mol. The first-order valence-corrected chi connectivity index (χ1v) is 8.72. The molecule has 1 atom stereocenters. The Bertz CT molecular complexity index is 578. The Kier molecular flexibility index (Phi) is 7.23. The van der Waals surface area contributed by atoms with Gasteiger partial charge in [-0.3, -0.25) is 14.5 Å². The number of halogens is 1. The smallest absolute Gasteiger partial charge is 0.244 e.